The van der Waals surface area contributed by atoms with Crippen LogP contribution in [0.2, 0.25) is 0 Å². The van der Waals surface area contributed by atoms with Gasteiger partial charge in [-0.3, -0.25) is 0 Å². The van der Waals surface area contributed by atoms with Gasteiger partial charge in [-0.25, -0.2) is 0 Å². The van der Waals surface area contributed by atoms with E-state index in [1.54, 1.807) is 0 Å². The zero-order valence-electron chi connectivity index (χ0n) is 11.9. The fourth-order valence-corrected chi connectivity index (χ4v) is 3.23. The maximum absolute atomic E-state index is 5.73. The van der Waals surface area contributed by atoms with E-state index in [9.17, 15) is 0 Å². The summed E-state index contributed by atoms with van der Waals surface area (Å²) in [6, 6.07) is 7.12. The van der Waals surface area contributed by atoms with Crippen LogP contribution in [-0.4, -0.2) is 44.7 Å². The van der Waals surface area contributed by atoms with Crippen LogP contribution >= 0.6 is 15.9 Å². The van der Waals surface area contributed by atoms with Crippen LogP contribution in [0.25, 0.3) is 0 Å². The van der Waals surface area contributed by atoms with Crippen molar-refractivity contribution in [1.29, 1.82) is 0 Å². The highest BCUT2D eigenvalue weighted by molar-refractivity contribution is 9.10. The van der Waals surface area contributed by atoms with Crippen molar-refractivity contribution in [1.82, 2.24) is 4.90 Å². The van der Waals surface area contributed by atoms with Crippen LogP contribution in [0.15, 0.2) is 22.7 Å². The van der Waals surface area contributed by atoms with Crippen molar-refractivity contribution >= 4 is 21.6 Å². The molecule has 0 saturated carbocycles. The molecule has 1 aromatic rings. The molecule has 0 amide bonds. The molecule has 0 aromatic heterocycles. The highest BCUT2D eigenvalue weighted by atomic mass is 79.9. The van der Waals surface area contributed by atoms with Gasteiger partial charge in [0.25, 0.3) is 0 Å². The summed E-state index contributed by atoms with van der Waals surface area (Å²) < 4.78 is 1.14. The highest BCUT2D eigenvalue weighted by Crippen LogP contribution is 2.28. The standard InChI is InChI=1S/C15H24BrN3/c1-18-9-3-4-14(11-18)19(2)15-10-13(16)6-5-12(15)7-8-17/h5-6,10,14H,3-4,7-9,11,17H2,1-2H3. The summed E-state index contributed by atoms with van der Waals surface area (Å²) in [6.45, 7) is 3.07. The molecule has 2 rings (SSSR count). The van der Waals surface area contributed by atoms with Crippen LogP contribution in [0.4, 0.5) is 5.69 Å². The van der Waals surface area contributed by atoms with Crippen LogP contribution < -0.4 is 10.6 Å². The van der Waals surface area contributed by atoms with Crippen molar-refractivity contribution in [3.63, 3.8) is 0 Å². The molecule has 0 spiro atoms. The Morgan fingerprint density at radius 3 is 2.95 bits per heavy atom. The Morgan fingerprint density at radius 1 is 1.47 bits per heavy atom. The average Bonchev–Trinajstić information content (AvgIpc) is 2.40. The maximum Gasteiger partial charge on any atom is 0.0414 e. The number of likely N-dealkylation sites (N-methyl/N-ethyl adjacent to an activating group) is 2. The number of halogens is 1. The van der Waals surface area contributed by atoms with Crippen molar-refractivity contribution in [2.75, 3.05) is 38.6 Å². The molecule has 1 saturated heterocycles. The average molecular weight is 326 g/mol. The van der Waals surface area contributed by atoms with Crippen LogP contribution in [0.1, 0.15) is 18.4 Å². The van der Waals surface area contributed by atoms with Crippen LogP contribution in [0.5, 0.6) is 0 Å². The zero-order valence-corrected chi connectivity index (χ0v) is 13.5. The van der Waals surface area contributed by atoms with Crippen molar-refractivity contribution < 1.29 is 0 Å². The van der Waals surface area contributed by atoms with E-state index >= 15 is 0 Å². The number of likely N-dealkylation sites (tertiary alicyclic amines) is 1. The Balaban J connectivity index is 2.21. The van der Waals surface area contributed by atoms with E-state index in [1.807, 2.05) is 0 Å². The van der Waals surface area contributed by atoms with E-state index in [2.05, 4.69) is 58.0 Å². The van der Waals surface area contributed by atoms with Gasteiger partial charge in [0.2, 0.25) is 0 Å². The number of nitrogens with two attached hydrogens (primary N) is 1. The highest BCUT2D eigenvalue weighted by Gasteiger charge is 2.22. The number of rotatable bonds is 4. The second-order valence-corrected chi connectivity index (χ2v) is 6.40. The SMILES string of the molecule is CN1CCCC(N(C)c2cc(Br)ccc2CCN)C1. The molecule has 106 valence electrons. The summed E-state index contributed by atoms with van der Waals surface area (Å²) in [7, 11) is 4.42. The van der Waals surface area contributed by atoms with Gasteiger partial charge in [0, 0.05) is 29.8 Å². The second kappa shape index (κ2) is 6.73. The molecule has 1 aromatic carbocycles. The van der Waals surface area contributed by atoms with Gasteiger partial charge in [0.05, 0.1) is 0 Å². The lowest BCUT2D eigenvalue weighted by Gasteiger charge is -2.38. The first-order chi connectivity index (χ1) is 9.11. The summed E-state index contributed by atoms with van der Waals surface area (Å²) in [5.74, 6) is 0. The third-order valence-electron chi connectivity index (χ3n) is 3.99. The minimum Gasteiger partial charge on any atom is -0.370 e. The summed E-state index contributed by atoms with van der Waals surface area (Å²) in [5.41, 5.74) is 8.40. The van der Waals surface area contributed by atoms with Gasteiger partial charge in [-0.1, -0.05) is 22.0 Å². The number of benzene rings is 1. The van der Waals surface area contributed by atoms with Crippen molar-refractivity contribution in [3.8, 4) is 0 Å². The quantitative estimate of drug-likeness (QED) is 0.923. The van der Waals surface area contributed by atoms with E-state index in [0.29, 0.717) is 12.6 Å². The number of piperidine rings is 1. The van der Waals surface area contributed by atoms with Gasteiger partial charge < -0.3 is 15.5 Å². The van der Waals surface area contributed by atoms with Gasteiger partial charge in [-0.2, -0.15) is 0 Å². The summed E-state index contributed by atoms with van der Waals surface area (Å²) in [4.78, 5) is 4.86. The van der Waals surface area contributed by atoms with Crippen LogP contribution in [0, 0.1) is 0 Å². The topological polar surface area (TPSA) is 32.5 Å². The molecule has 1 atom stereocenters. The smallest absolute Gasteiger partial charge is 0.0414 e. The molecule has 3 nitrogen and oxygen atoms in total. The Morgan fingerprint density at radius 2 is 2.26 bits per heavy atom. The lowest BCUT2D eigenvalue weighted by molar-refractivity contribution is 0.248. The lowest BCUT2D eigenvalue weighted by atomic mass is 10.0. The normalized spacial score (nSPS) is 20.5. The molecule has 0 bridgehead atoms. The molecule has 19 heavy (non-hydrogen) atoms. The zero-order chi connectivity index (χ0) is 13.8. The monoisotopic (exact) mass is 325 g/mol. The molecule has 1 fully saturated rings. The van der Waals surface area contributed by atoms with Gasteiger partial charge in [-0.15, -0.1) is 0 Å². The minimum absolute atomic E-state index is 0.601. The molecule has 1 aliphatic heterocycles. The van der Waals surface area contributed by atoms with E-state index < -0.39 is 0 Å². The maximum atomic E-state index is 5.73. The molecule has 1 aliphatic rings. The predicted molar refractivity (Wildman–Crippen MR) is 85.8 cm³/mol. The Labute approximate surface area is 124 Å². The number of hydrogen-bond donors (Lipinski definition) is 1. The summed E-state index contributed by atoms with van der Waals surface area (Å²) >= 11 is 3.58. The first kappa shape index (κ1) is 14.8. The Hall–Kier alpha value is -0.580. The minimum atomic E-state index is 0.601. The largest absolute Gasteiger partial charge is 0.370 e. The van der Waals surface area contributed by atoms with E-state index in [1.165, 1.54) is 30.6 Å². The Bertz CT molecular complexity index is 422. The fraction of sp³-hybridized carbons (Fsp3) is 0.600. The molecule has 4 heteroatoms. The van der Waals surface area contributed by atoms with Gasteiger partial charge in [0.1, 0.15) is 0 Å². The molecular weight excluding hydrogens is 302 g/mol. The molecular formula is C15H24BrN3. The van der Waals surface area contributed by atoms with Crippen LogP contribution in [0.3, 0.4) is 0 Å². The van der Waals surface area contributed by atoms with Crippen molar-refractivity contribution in [3.05, 3.63) is 28.2 Å². The molecule has 0 radical (unpaired) electrons. The van der Waals surface area contributed by atoms with Gasteiger partial charge in [-0.05, 0) is 57.1 Å². The van der Waals surface area contributed by atoms with E-state index in [0.717, 1.165) is 17.4 Å². The number of nitrogens with zero attached hydrogens (tertiary/aromatic N) is 2. The van der Waals surface area contributed by atoms with Crippen molar-refractivity contribution in [2.24, 2.45) is 5.73 Å². The third kappa shape index (κ3) is 3.71. The lowest BCUT2D eigenvalue weighted by Crippen LogP contribution is -2.45. The summed E-state index contributed by atoms with van der Waals surface area (Å²) in [6.07, 6.45) is 3.50. The number of anilines is 1. The Kier molecular flexibility index (Phi) is 5.25. The van der Waals surface area contributed by atoms with E-state index in [4.69, 9.17) is 5.73 Å². The fourth-order valence-electron chi connectivity index (χ4n) is 2.88. The van der Waals surface area contributed by atoms with Gasteiger partial charge in [0.15, 0.2) is 0 Å². The van der Waals surface area contributed by atoms with Gasteiger partial charge >= 0.3 is 0 Å². The summed E-state index contributed by atoms with van der Waals surface area (Å²) in [5, 5.41) is 0. The van der Waals surface area contributed by atoms with Crippen LogP contribution in [-0.2, 0) is 6.42 Å². The molecule has 1 unspecified atom stereocenters. The van der Waals surface area contributed by atoms with E-state index in [-0.39, 0.29) is 0 Å². The van der Waals surface area contributed by atoms with Crippen molar-refractivity contribution in [2.45, 2.75) is 25.3 Å². The molecule has 2 N–H and O–H groups in total. The molecule has 1 heterocycles. The third-order valence-corrected chi connectivity index (χ3v) is 4.48. The predicted octanol–water partition coefficient (Wildman–Crippen LogP) is 2.48. The number of hydrogen-bond acceptors (Lipinski definition) is 3. The molecule has 0 aliphatic carbocycles. The first-order valence-corrected chi connectivity index (χ1v) is 7.81. The second-order valence-electron chi connectivity index (χ2n) is 5.48. The first-order valence-electron chi connectivity index (χ1n) is 7.01.